The summed E-state index contributed by atoms with van der Waals surface area (Å²) in [6.07, 6.45) is 1.73. The average Bonchev–Trinajstić information content (AvgIpc) is 2.38. The zero-order chi connectivity index (χ0) is 12.1. The fraction of sp³-hybridized carbons (Fsp3) is 0.154. The monoisotopic (exact) mass is 293 g/mol. The minimum atomic E-state index is -0.0447. The van der Waals surface area contributed by atoms with Gasteiger partial charge in [-0.3, -0.25) is 4.98 Å². The molecule has 4 heteroatoms. The van der Waals surface area contributed by atoms with Gasteiger partial charge in [-0.25, -0.2) is 0 Å². The molecule has 2 aromatic rings. The van der Waals surface area contributed by atoms with Crippen molar-refractivity contribution in [3.05, 3.63) is 58.3 Å². The van der Waals surface area contributed by atoms with E-state index >= 15 is 0 Å². The maximum Gasteiger partial charge on any atom is 0.130 e. The standard InChI is InChI=1S/C13H12BrNO2/c14-11-4-5-13(10(7-11)8-16)17-9-12-3-1-2-6-15-12/h1-7,16H,8-9H2. The van der Waals surface area contributed by atoms with Crippen LogP contribution in [0, 0.1) is 0 Å². The Kier molecular flexibility index (Phi) is 4.12. The summed E-state index contributed by atoms with van der Waals surface area (Å²) in [6.45, 7) is 0.354. The van der Waals surface area contributed by atoms with Crippen LogP contribution in [-0.4, -0.2) is 10.1 Å². The lowest BCUT2D eigenvalue weighted by atomic mass is 10.2. The van der Waals surface area contributed by atoms with E-state index in [0.717, 1.165) is 15.7 Å². The highest BCUT2D eigenvalue weighted by Crippen LogP contribution is 2.23. The van der Waals surface area contributed by atoms with Gasteiger partial charge in [-0.05, 0) is 30.3 Å². The Morgan fingerprint density at radius 3 is 2.82 bits per heavy atom. The molecule has 0 saturated carbocycles. The number of aliphatic hydroxyl groups excluding tert-OH is 1. The second-order valence-electron chi connectivity index (χ2n) is 3.52. The Labute approximate surface area is 108 Å². The normalized spacial score (nSPS) is 10.2. The molecule has 1 heterocycles. The molecule has 0 aliphatic rings. The third-order valence-corrected chi connectivity index (χ3v) is 2.79. The summed E-state index contributed by atoms with van der Waals surface area (Å²) >= 11 is 3.35. The van der Waals surface area contributed by atoms with Crippen LogP contribution >= 0.6 is 15.9 Å². The highest BCUT2D eigenvalue weighted by Gasteiger charge is 2.04. The fourth-order valence-corrected chi connectivity index (χ4v) is 1.86. The van der Waals surface area contributed by atoms with Gasteiger partial charge in [-0.15, -0.1) is 0 Å². The van der Waals surface area contributed by atoms with Crippen molar-refractivity contribution in [3.63, 3.8) is 0 Å². The summed E-state index contributed by atoms with van der Waals surface area (Å²) in [4.78, 5) is 4.17. The number of nitrogens with zero attached hydrogens (tertiary/aromatic N) is 1. The molecular weight excluding hydrogens is 282 g/mol. The molecule has 0 unspecified atom stereocenters. The molecule has 1 N–H and O–H groups in total. The summed E-state index contributed by atoms with van der Waals surface area (Å²) in [6, 6.07) is 11.2. The molecule has 88 valence electrons. The number of rotatable bonds is 4. The van der Waals surface area contributed by atoms with Crippen molar-refractivity contribution in [2.45, 2.75) is 13.2 Å². The van der Waals surface area contributed by atoms with Crippen LogP contribution in [0.25, 0.3) is 0 Å². The van der Waals surface area contributed by atoms with Crippen LogP contribution in [0.1, 0.15) is 11.3 Å². The fourth-order valence-electron chi connectivity index (χ4n) is 1.45. The van der Waals surface area contributed by atoms with Crippen molar-refractivity contribution >= 4 is 15.9 Å². The van der Waals surface area contributed by atoms with E-state index in [1.807, 2.05) is 36.4 Å². The van der Waals surface area contributed by atoms with Gasteiger partial charge in [0.2, 0.25) is 0 Å². The molecule has 2 rings (SSSR count). The number of benzene rings is 1. The molecule has 0 bridgehead atoms. The molecular formula is C13H12BrNO2. The van der Waals surface area contributed by atoms with Crippen LogP contribution in [0.4, 0.5) is 0 Å². The topological polar surface area (TPSA) is 42.4 Å². The highest BCUT2D eigenvalue weighted by molar-refractivity contribution is 9.10. The Bertz CT molecular complexity index is 488. The van der Waals surface area contributed by atoms with Crippen LogP contribution in [0.3, 0.4) is 0 Å². The van der Waals surface area contributed by atoms with Crippen molar-refractivity contribution in [2.24, 2.45) is 0 Å². The van der Waals surface area contributed by atoms with Crippen LogP contribution in [0.2, 0.25) is 0 Å². The zero-order valence-corrected chi connectivity index (χ0v) is 10.7. The number of hydrogen-bond donors (Lipinski definition) is 1. The largest absolute Gasteiger partial charge is 0.487 e. The first-order valence-corrected chi connectivity index (χ1v) is 6.01. The maximum atomic E-state index is 9.22. The van der Waals surface area contributed by atoms with Crippen LogP contribution < -0.4 is 4.74 Å². The van der Waals surface area contributed by atoms with Crippen LogP contribution in [0.5, 0.6) is 5.75 Å². The Hall–Kier alpha value is -1.39. The number of pyridine rings is 1. The summed E-state index contributed by atoms with van der Waals surface area (Å²) in [5.74, 6) is 0.682. The van der Waals surface area contributed by atoms with E-state index < -0.39 is 0 Å². The third kappa shape index (κ3) is 3.28. The predicted octanol–water partition coefficient (Wildman–Crippen LogP) is 2.92. The molecule has 0 fully saturated rings. The summed E-state index contributed by atoms with van der Waals surface area (Å²) in [5, 5.41) is 9.22. The molecule has 0 aliphatic carbocycles. The number of halogens is 1. The Balaban J connectivity index is 2.09. The quantitative estimate of drug-likeness (QED) is 0.942. The van der Waals surface area contributed by atoms with E-state index in [0.29, 0.717) is 12.4 Å². The predicted molar refractivity (Wildman–Crippen MR) is 68.6 cm³/mol. The summed E-state index contributed by atoms with van der Waals surface area (Å²) < 4.78 is 6.55. The Morgan fingerprint density at radius 1 is 1.24 bits per heavy atom. The van der Waals surface area contributed by atoms with Gasteiger partial charge >= 0.3 is 0 Å². The molecule has 3 nitrogen and oxygen atoms in total. The number of ether oxygens (including phenoxy) is 1. The van der Waals surface area contributed by atoms with Gasteiger partial charge in [-0.1, -0.05) is 22.0 Å². The van der Waals surface area contributed by atoms with Crippen molar-refractivity contribution in [1.29, 1.82) is 0 Å². The van der Waals surface area contributed by atoms with Gasteiger partial charge in [0.05, 0.1) is 12.3 Å². The second kappa shape index (κ2) is 5.80. The number of aliphatic hydroxyl groups is 1. The molecule has 1 aromatic heterocycles. The van der Waals surface area contributed by atoms with Gasteiger partial charge in [0.1, 0.15) is 12.4 Å². The lowest BCUT2D eigenvalue weighted by Crippen LogP contribution is -2.00. The first kappa shape index (κ1) is 12.1. The van der Waals surface area contributed by atoms with Crippen molar-refractivity contribution < 1.29 is 9.84 Å². The van der Waals surface area contributed by atoms with Gasteiger partial charge in [0.15, 0.2) is 0 Å². The number of hydrogen-bond acceptors (Lipinski definition) is 3. The molecule has 0 saturated heterocycles. The van der Waals surface area contributed by atoms with Crippen molar-refractivity contribution in [3.8, 4) is 5.75 Å². The lowest BCUT2D eigenvalue weighted by molar-refractivity contribution is 0.257. The molecule has 0 amide bonds. The molecule has 0 spiro atoms. The molecule has 0 radical (unpaired) electrons. The van der Waals surface area contributed by atoms with E-state index in [2.05, 4.69) is 20.9 Å². The Morgan fingerprint density at radius 2 is 2.12 bits per heavy atom. The number of aromatic nitrogens is 1. The van der Waals surface area contributed by atoms with Crippen molar-refractivity contribution in [1.82, 2.24) is 4.98 Å². The van der Waals surface area contributed by atoms with E-state index in [9.17, 15) is 5.11 Å². The van der Waals surface area contributed by atoms with E-state index in [1.54, 1.807) is 6.20 Å². The summed E-state index contributed by atoms with van der Waals surface area (Å²) in [5.41, 5.74) is 1.62. The average molecular weight is 294 g/mol. The van der Waals surface area contributed by atoms with Gasteiger partial charge in [0, 0.05) is 16.2 Å². The minimum absolute atomic E-state index is 0.0447. The molecule has 0 aliphatic heterocycles. The SMILES string of the molecule is OCc1cc(Br)ccc1OCc1ccccn1. The second-order valence-corrected chi connectivity index (χ2v) is 4.44. The van der Waals surface area contributed by atoms with E-state index in [4.69, 9.17) is 4.74 Å². The first-order chi connectivity index (χ1) is 8.29. The third-order valence-electron chi connectivity index (χ3n) is 2.29. The molecule has 1 aromatic carbocycles. The highest BCUT2D eigenvalue weighted by atomic mass is 79.9. The molecule has 0 atom stereocenters. The molecule has 17 heavy (non-hydrogen) atoms. The summed E-state index contributed by atoms with van der Waals surface area (Å²) in [7, 11) is 0. The van der Waals surface area contributed by atoms with Gasteiger partial charge in [0.25, 0.3) is 0 Å². The van der Waals surface area contributed by atoms with E-state index in [-0.39, 0.29) is 6.61 Å². The lowest BCUT2D eigenvalue weighted by Gasteiger charge is -2.10. The van der Waals surface area contributed by atoms with Gasteiger partial charge < -0.3 is 9.84 Å². The minimum Gasteiger partial charge on any atom is -0.487 e. The van der Waals surface area contributed by atoms with Crippen molar-refractivity contribution in [2.75, 3.05) is 0 Å². The maximum absolute atomic E-state index is 9.22. The zero-order valence-electron chi connectivity index (χ0n) is 9.14. The smallest absolute Gasteiger partial charge is 0.130 e. The first-order valence-electron chi connectivity index (χ1n) is 5.21. The van der Waals surface area contributed by atoms with Crippen LogP contribution in [-0.2, 0) is 13.2 Å². The van der Waals surface area contributed by atoms with E-state index in [1.165, 1.54) is 0 Å². The van der Waals surface area contributed by atoms with Crippen LogP contribution in [0.15, 0.2) is 47.1 Å². The van der Waals surface area contributed by atoms with Gasteiger partial charge in [-0.2, -0.15) is 0 Å².